The van der Waals surface area contributed by atoms with Crippen LogP contribution in [0.4, 0.5) is 0 Å². The van der Waals surface area contributed by atoms with E-state index in [4.69, 9.17) is 8.94 Å². The number of hydrogen-bond acceptors (Lipinski definition) is 5. The topological polar surface area (TPSA) is 79.8 Å². The number of rotatable bonds is 4. The molecule has 0 spiro atoms. The van der Waals surface area contributed by atoms with Crippen LogP contribution in [-0.2, 0) is 16.1 Å². The molecule has 4 heterocycles. The third-order valence-electron chi connectivity index (χ3n) is 5.01. The molecule has 7 nitrogen and oxygen atoms in total. The molecule has 2 saturated heterocycles. The van der Waals surface area contributed by atoms with Gasteiger partial charge in [0.05, 0.1) is 24.8 Å². The Bertz CT molecular complexity index is 767. The molecule has 25 heavy (non-hydrogen) atoms. The van der Waals surface area contributed by atoms with E-state index in [1.54, 1.807) is 17.2 Å². The quantitative estimate of drug-likeness (QED) is 0.851. The molecule has 4 rings (SSSR count). The first-order valence-electron chi connectivity index (χ1n) is 8.65. The van der Waals surface area contributed by atoms with Gasteiger partial charge in [0.15, 0.2) is 0 Å². The first kappa shape index (κ1) is 15.9. The van der Waals surface area contributed by atoms with Crippen molar-refractivity contribution in [1.29, 1.82) is 0 Å². The van der Waals surface area contributed by atoms with Crippen LogP contribution in [0.1, 0.15) is 42.5 Å². The molecule has 2 atom stereocenters. The Morgan fingerprint density at radius 3 is 3.04 bits per heavy atom. The maximum atomic E-state index is 13.0. The number of hydrogen-bond donors (Lipinski definition) is 0. The van der Waals surface area contributed by atoms with Gasteiger partial charge in [-0.2, -0.15) is 0 Å². The highest BCUT2D eigenvalue weighted by Gasteiger charge is 2.41. The number of carbonyl (C=O) groups excluding carboxylic acids is 2. The van der Waals surface area contributed by atoms with Crippen molar-refractivity contribution in [3.8, 4) is 0 Å². The lowest BCUT2D eigenvalue weighted by molar-refractivity contribution is -0.136. The molecule has 2 unspecified atom stereocenters. The van der Waals surface area contributed by atoms with Crippen molar-refractivity contribution >= 4 is 11.8 Å². The third-order valence-corrected chi connectivity index (χ3v) is 5.01. The van der Waals surface area contributed by atoms with Crippen molar-refractivity contribution in [2.24, 2.45) is 5.92 Å². The summed E-state index contributed by atoms with van der Waals surface area (Å²) in [6.45, 7) is 3.42. The van der Waals surface area contributed by atoms with Crippen LogP contribution in [0.25, 0.3) is 0 Å². The SMILES string of the molecule is Cc1cc(C2CCCN2C(=O)C2CC(=O)N(Cc3ccco3)C2)no1. The lowest BCUT2D eigenvalue weighted by atomic mass is 10.1. The molecule has 0 N–H and O–H groups in total. The maximum Gasteiger partial charge on any atom is 0.228 e. The van der Waals surface area contributed by atoms with Gasteiger partial charge in [-0.25, -0.2) is 0 Å². The van der Waals surface area contributed by atoms with E-state index in [0.29, 0.717) is 19.6 Å². The van der Waals surface area contributed by atoms with Crippen molar-refractivity contribution in [3.63, 3.8) is 0 Å². The minimum absolute atomic E-state index is 0.00257. The molecule has 2 aliphatic heterocycles. The average Bonchev–Trinajstić information content (AvgIpc) is 3.35. The Labute approximate surface area is 145 Å². The minimum atomic E-state index is -0.295. The summed E-state index contributed by atoms with van der Waals surface area (Å²) in [6.07, 6.45) is 3.68. The number of furan rings is 1. The fraction of sp³-hybridized carbons (Fsp3) is 0.500. The molecule has 2 aromatic rings. The second-order valence-corrected chi connectivity index (χ2v) is 6.81. The number of aryl methyl sites for hydroxylation is 1. The Morgan fingerprint density at radius 1 is 1.44 bits per heavy atom. The number of carbonyl (C=O) groups is 2. The molecule has 2 aliphatic rings. The van der Waals surface area contributed by atoms with Crippen molar-refractivity contribution in [3.05, 3.63) is 41.7 Å². The van der Waals surface area contributed by atoms with Gasteiger partial charge < -0.3 is 18.7 Å². The fourth-order valence-corrected chi connectivity index (χ4v) is 3.80. The number of likely N-dealkylation sites (tertiary alicyclic amines) is 2. The summed E-state index contributed by atoms with van der Waals surface area (Å²) >= 11 is 0. The largest absolute Gasteiger partial charge is 0.467 e. The van der Waals surface area contributed by atoms with Crippen LogP contribution in [0, 0.1) is 12.8 Å². The summed E-state index contributed by atoms with van der Waals surface area (Å²) < 4.78 is 10.5. The van der Waals surface area contributed by atoms with Gasteiger partial charge in [-0.1, -0.05) is 5.16 Å². The Kier molecular flexibility index (Phi) is 4.07. The highest BCUT2D eigenvalue weighted by atomic mass is 16.5. The van der Waals surface area contributed by atoms with Gasteiger partial charge in [-0.3, -0.25) is 9.59 Å². The van der Waals surface area contributed by atoms with Crippen molar-refractivity contribution in [1.82, 2.24) is 15.0 Å². The summed E-state index contributed by atoms with van der Waals surface area (Å²) in [4.78, 5) is 28.8. The molecule has 2 amide bonds. The van der Waals surface area contributed by atoms with E-state index in [9.17, 15) is 9.59 Å². The second kappa shape index (κ2) is 6.38. The van der Waals surface area contributed by atoms with E-state index >= 15 is 0 Å². The molecule has 7 heteroatoms. The van der Waals surface area contributed by atoms with E-state index in [1.165, 1.54) is 0 Å². The number of amides is 2. The van der Waals surface area contributed by atoms with Crippen LogP contribution < -0.4 is 0 Å². The highest BCUT2D eigenvalue weighted by Crippen LogP contribution is 2.34. The highest BCUT2D eigenvalue weighted by molar-refractivity contribution is 5.89. The van der Waals surface area contributed by atoms with Crippen LogP contribution in [0.5, 0.6) is 0 Å². The van der Waals surface area contributed by atoms with E-state index in [-0.39, 0.29) is 30.2 Å². The smallest absolute Gasteiger partial charge is 0.228 e. The Balaban J connectivity index is 1.44. The monoisotopic (exact) mass is 343 g/mol. The second-order valence-electron chi connectivity index (χ2n) is 6.81. The molecule has 0 bridgehead atoms. The molecule has 0 radical (unpaired) electrons. The predicted octanol–water partition coefficient (Wildman–Crippen LogP) is 2.29. The molecule has 132 valence electrons. The standard InChI is InChI=1S/C18H21N3O4/c1-12-8-15(19-25-12)16-5-2-6-21(16)18(23)13-9-17(22)20(10-13)11-14-4-3-7-24-14/h3-4,7-8,13,16H,2,5-6,9-11H2,1H3. The number of aromatic nitrogens is 1. The molecule has 0 aromatic carbocycles. The zero-order valence-electron chi connectivity index (χ0n) is 14.2. The predicted molar refractivity (Wildman–Crippen MR) is 87.2 cm³/mol. The average molecular weight is 343 g/mol. The van der Waals surface area contributed by atoms with E-state index in [2.05, 4.69) is 5.16 Å². The van der Waals surface area contributed by atoms with Gasteiger partial charge in [-0.15, -0.1) is 0 Å². The van der Waals surface area contributed by atoms with Crippen molar-refractivity contribution in [2.45, 2.75) is 38.8 Å². The van der Waals surface area contributed by atoms with E-state index in [1.807, 2.05) is 24.0 Å². The normalized spacial score (nSPS) is 23.6. The summed E-state index contributed by atoms with van der Waals surface area (Å²) in [5.74, 6) is 1.23. The first-order chi connectivity index (χ1) is 12.1. The van der Waals surface area contributed by atoms with Crippen LogP contribution in [0.15, 0.2) is 33.4 Å². The lowest BCUT2D eigenvalue weighted by Gasteiger charge is -2.26. The molecule has 0 aliphatic carbocycles. The molecular weight excluding hydrogens is 322 g/mol. The summed E-state index contributed by atoms with van der Waals surface area (Å²) in [5.41, 5.74) is 0.806. The van der Waals surface area contributed by atoms with Gasteiger partial charge in [0.1, 0.15) is 17.2 Å². The van der Waals surface area contributed by atoms with Gasteiger partial charge >= 0.3 is 0 Å². The molecular formula is C18H21N3O4. The first-order valence-corrected chi connectivity index (χ1v) is 8.65. The zero-order chi connectivity index (χ0) is 17.4. The van der Waals surface area contributed by atoms with Gasteiger partial charge in [-0.05, 0) is 31.9 Å². The van der Waals surface area contributed by atoms with Gasteiger partial charge in [0.25, 0.3) is 0 Å². The Hall–Kier alpha value is -2.57. The van der Waals surface area contributed by atoms with Crippen LogP contribution >= 0.6 is 0 Å². The lowest BCUT2D eigenvalue weighted by Crippen LogP contribution is -2.37. The van der Waals surface area contributed by atoms with E-state index < -0.39 is 0 Å². The minimum Gasteiger partial charge on any atom is -0.467 e. The third kappa shape index (κ3) is 3.06. The summed E-state index contributed by atoms with van der Waals surface area (Å²) in [7, 11) is 0. The van der Waals surface area contributed by atoms with Crippen molar-refractivity contribution in [2.75, 3.05) is 13.1 Å². The molecule has 0 saturated carbocycles. The molecule has 2 fully saturated rings. The summed E-state index contributed by atoms with van der Waals surface area (Å²) in [6, 6.07) is 5.48. The summed E-state index contributed by atoms with van der Waals surface area (Å²) in [5, 5.41) is 4.08. The van der Waals surface area contributed by atoms with Crippen LogP contribution in [-0.4, -0.2) is 39.9 Å². The maximum absolute atomic E-state index is 13.0. The van der Waals surface area contributed by atoms with Gasteiger partial charge in [0.2, 0.25) is 11.8 Å². The van der Waals surface area contributed by atoms with Crippen LogP contribution in [0.3, 0.4) is 0 Å². The zero-order valence-corrected chi connectivity index (χ0v) is 14.2. The van der Waals surface area contributed by atoms with Crippen molar-refractivity contribution < 1.29 is 18.5 Å². The fourth-order valence-electron chi connectivity index (χ4n) is 3.80. The van der Waals surface area contributed by atoms with Gasteiger partial charge in [0, 0.05) is 25.6 Å². The van der Waals surface area contributed by atoms with E-state index in [0.717, 1.165) is 30.1 Å². The molecule has 2 aromatic heterocycles. The van der Waals surface area contributed by atoms with Crippen LogP contribution in [0.2, 0.25) is 0 Å². The number of nitrogens with zero attached hydrogens (tertiary/aromatic N) is 3. The Morgan fingerprint density at radius 2 is 2.32 bits per heavy atom.